The van der Waals surface area contributed by atoms with Crippen molar-refractivity contribution in [2.24, 2.45) is 16.7 Å². The first kappa shape index (κ1) is 18.0. The molecule has 0 aromatic rings. The highest BCUT2D eigenvalue weighted by atomic mass is 16.6. The monoisotopic (exact) mass is 356 g/mol. The lowest BCUT2D eigenvalue weighted by molar-refractivity contribution is -0.158. The normalized spacial score (nSPS) is 44.3. The predicted molar refractivity (Wildman–Crippen MR) is 102 cm³/mol. The van der Waals surface area contributed by atoms with Crippen molar-refractivity contribution in [3.05, 3.63) is 23.3 Å². The van der Waals surface area contributed by atoms with Crippen molar-refractivity contribution >= 4 is 11.8 Å². The Bertz CT molecular complexity index is 702. The quantitative estimate of drug-likeness (QED) is 0.498. The van der Waals surface area contributed by atoms with E-state index in [0.717, 1.165) is 51.4 Å². The van der Waals surface area contributed by atoms with E-state index < -0.39 is 0 Å². The molecule has 3 heteroatoms. The molecule has 0 radical (unpaired) electrons. The van der Waals surface area contributed by atoms with Crippen LogP contribution in [0.15, 0.2) is 23.3 Å². The summed E-state index contributed by atoms with van der Waals surface area (Å²) in [7, 11) is 0. The first-order chi connectivity index (χ1) is 12.3. The second-order valence-corrected chi connectivity index (χ2v) is 9.58. The third-order valence-corrected chi connectivity index (χ3v) is 8.44. The van der Waals surface area contributed by atoms with Gasteiger partial charge in [0.2, 0.25) is 0 Å². The standard InChI is InChI=1S/C23H32O3/c1-16-7-13-23(14-10-20(25)26-23)22(16,3)12-8-17-5-4-6-18-15-19(24)9-11-21(17,18)2/h8,15-16H,4-7,9-14H2,1-3H3/b17-8+/t16?,21?,22?,23-/m1/s1. The Morgan fingerprint density at radius 2 is 1.92 bits per heavy atom. The van der Waals surface area contributed by atoms with E-state index in [2.05, 4.69) is 26.8 Å². The number of carbonyl (C=O) groups excluding carboxylic acids is 2. The Kier molecular flexibility index (Phi) is 4.20. The Labute approximate surface area is 157 Å². The van der Waals surface area contributed by atoms with Crippen LogP contribution in [0, 0.1) is 16.7 Å². The van der Waals surface area contributed by atoms with Crippen molar-refractivity contribution < 1.29 is 14.3 Å². The molecule has 3 nitrogen and oxygen atoms in total. The van der Waals surface area contributed by atoms with Crippen LogP contribution in [0.1, 0.15) is 85.0 Å². The molecule has 0 aromatic carbocycles. The van der Waals surface area contributed by atoms with Gasteiger partial charge >= 0.3 is 5.97 Å². The molecule has 4 rings (SSSR count). The molecule has 142 valence electrons. The summed E-state index contributed by atoms with van der Waals surface area (Å²) in [6, 6.07) is 0. The van der Waals surface area contributed by atoms with Gasteiger partial charge in [0, 0.05) is 23.7 Å². The SMILES string of the molecule is CC1CC[C@@]2(CCC(=O)O2)C1(C)C/C=C1\CCCC2=CC(=O)CCC21C. The summed E-state index contributed by atoms with van der Waals surface area (Å²) >= 11 is 0. The van der Waals surface area contributed by atoms with Crippen molar-refractivity contribution in [1.82, 2.24) is 0 Å². The van der Waals surface area contributed by atoms with E-state index in [1.165, 1.54) is 11.1 Å². The third kappa shape index (κ3) is 2.53. The van der Waals surface area contributed by atoms with Crippen LogP contribution in [0.25, 0.3) is 0 Å². The van der Waals surface area contributed by atoms with E-state index in [4.69, 9.17) is 4.74 Å². The maximum Gasteiger partial charge on any atom is 0.306 e. The number of hydrogen-bond acceptors (Lipinski definition) is 3. The number of ether oxygens (including phenoxy) is 1. The van der Waals surface area contributed by atoms with Crippen LogP contribution in [0.5, 0.6) is 0 Å². The lowest BCUT2D eigenvalue weighted by Crippen LogP contribution is -2.44. The first-order valence-corrected chi connectivity index (χ1v) is 10.4. The molecule has 2 saturated carbocycles. The summed E-state index contributed by atoms with van der Waals surface area (Å²) in [5, 5.41) is 0. The summed E-state index contributed by atoms with van der Waals surface area (Å²) in [6.07, 6.45) is 14.0. The fraction of sp³-hybridized carbons (Fsp3) is 0.739. The van der Waals surface area contributed by atoms with Crippen LogP contribution >= 0.6 is 0 Å². The molecule has 3 fully saturated rings. The molecular formula is C23H32O3. The van der Waals surface area contributed by atoms with Crippen molar-refractivity contribution in [2.75, 3.05) is 0 Å². The minimum atomic E-state index is -0.253. The van der Waals surface area contributed by atoms with Crippen molar-refractivity contribution in [1.29, 1.82) is 0 Å². The number of ketones is 1. The van der Waals surface area contributed by atoms with Crippen molar-refractivity contribution in [3.63, 3.8) is 0 Å². The molecule has 4 atom stereocenters. The van der Waals surface area contributed by atoms with Crippen LogP contribution in [-0.2, 0) is 14.3 Å². The predicted octanol–water partition coefficient (Wildman–Crippen LogP) is 5.29. The number of esters is 1. The Hall–Kier alpha value is -1.38. The minimum Gasteiger partial charge on any atom is -0.458 e. The number of carbonyl (C=O) groups is 2. The molecular weight excluding hydrogens is 324 g/mol. The molecule has 4 aliphatic rings. The molecule has 3 unspecified atom stereocenters. The number of allylic oxidation sites excluding steroid dienone is 4. The van der Waals surface area contributed by atoms with Crippen LogP contribution in [0.2, 0.25) is 0 Å². The molecule has 1 spiro atoms. The zero-order valence-electron chi connectivity index (χ0n) is 16.5. The smallest absolute Gasteiger partial charge is 0.306 e. The van der Waals surface area contributed by atoms with E-state index in [-0.39, 0.29) is 22.4 Å². The Balaban J connectivity index is 1.63. The van der Waals surface area contributed by atoms with E-state index in [1.54, 1.807) is 0 Å². The van der Waals surface area contributed by atoms with Gasteiger partial charge in [-0.05, 0) is 63.4 Å². The summed E-state index contributed by atoms with van der Waals surface area (Å²) in [5.41, 5.74) is 2.70. The van der Waals surface area contributed by atoms with Gasteiger partial charge in [0.25, 0.3) is 0 Å². The molecule has 3 aliphatic carbocycles. The lowest BCUT2D eigenvalue weighted by Gasteiger charge is -2.44. The van der Waals surface area contributed by atoms with Crippen LogP contribution in [0.3, 0.4) is 0 Å². The van der Waals surface area contributed by atoms with E-state index in [0.29, 0.717) is 24.5 Å². The van der Waals surface area contributed by atoms with Gasteiger partial charge in [-0.3, -0.25) is 9.59 Å². The van der Waals surface area contributed by atoms with Gasteiger partial charge < -0.3 is 4.74 Å². The Morgan fingerprint density at radius 1 is 1.12 bits per heavy atom. The Morgan fingerprint density at radius 3 is 2.65 bits per heavy atom. The molecule has 1 heterocycles. The third-order valence-electron chi connectivity index (χ3n) is 8.44. The van der Waals surface area contributed by atoms with Crippen molar-refractivity contribution in [3.8, 4) is 0 Å². The van der Waals surface area contributed by atoms with Gasteiger partial charge in [0.05, 0.1) is 0 Å². The van der Waals surface area contributed by atoms with Gasteiger partial charge in [-0.15, -0.1) is 0 Å². The highest BCUT2D eigenvalue weighted by Crippen LogP contribution is 2.59. The highest BCUT2D eigenvalue weighted by Gasteiger charge is 2.60. The number of rotatable bonds is 2. The van der Waals surface area contributed by atoms with Crippen LogP contribution < -0.4 is 0 Å². The van der Waals surface area contributed by atoms with Gasteiger partial charge in [-0.1, -0.05) is 38.0 Å². The van der Waals surface area contributed by atoms with Gasteiger partial charge in [-0.2, -0.15) is 0 Å². The number of hydrogen-bond donors (Lipinski definition) is 0. The van der Waals surface area contributed by atoms with Crippen LogP contribution in [-0.4, -0.2) is 17.4 Å². The topological polar surface area (TPSA) is 43.4 Å². The average Bonchev–Trinajstić information content (AvgIpc) is 3.10. The van der Waals surface area contributed by atoms with Crippen LogP contribution in [0.4, 0.5) is 0 Å². The second-order valence-electron chi connectivity index (χ2n) is 9.58. The molecule has 0 amide bonds. The summed E-state index contributed by atoms with van der Waals surface area (Å²) < 4.78 is 5.96. The maximum absolute atomic E-state index is 11.9. The largest absolute Gasteiger partial charge is 0.458 e. The number of fused-ring (bicyclic) bond motifs is 1. The maximum atomic E-state index is 11.9. The van der Waals surface area contributed by atoms with Crippen molar-refractivity contribution in [2.45, 2.75) is 90.6 Å². The highest BCUT2D eigenvalue weighted by molar-refractivity contribution is 5.92. The summed E-state index contributed by atoms with van der Waals surface area (Å²) in [4.78, 5) is 23.8. The molecule has 0 N–H and O–H groups in total. The van der Waals surface area contributed by atoms with E-state index >= 15 is 0 Å². The van der Waals surface area contributed by atoms with E-state index in [1.807, 2.05) is 6.08 Å². The van der Waals surface area contributed by atoms with Gasteiger partial charge in [0.15, 0.2) is 5.78 Å². The molecule has 1 aliphatic heterocycles. The molecule has 1 saturated heterocycles. The lowest BCUT2D eigenvalue weighted by atomic mass is 9.61. The average molecular weight is 357 g/mol. The zero-order chi connectivity index (χ0) is 18.6. The summed E-state index contributed by atoms with van der Waals surface area (Å²) in [6.45, 7) is 7.00. The summed E-state index contributed by atoms with van der Waals surface area (Å²) in [5.74, 6) is 0.843. The van der Waals surface area contributed by atoms with E-state index in [9.17, 15) is 9.59 Å². The minimum absolute atomic E-state index is 0.0152. The fourth-order valence-corrected chi connectivity index (χ4v) is 6.17. The second kappa shape index (κ2) is 6.07. The van der Waals surface area contributed by atoms with Gasteiger partial charge in [-0.25, -0.2) is 0 Å². The molecule has 26 heavy (non-hydrogen) atoms. The fourth-order valence-electron chi connectivity index (χ4n) is 6.17. The van der Waals surface area contributed by atoms with Gasteiger partial charge in [0.1, 0.15) is 5.60 Å². The zero-order valence-corrected chi connectivity index (χ0v) is 16.5. The molecule has 0 bridgehead atoms. The first-order valence-electron chi connectivity index (χ1n) is 10.4. The molecule has 0 aromatic heterocycles.